The summed E-state index contributed by atoms with van der Waals surface area (Å²) in [5.74, 6) is -2.48. The Hall–Kier alpha value is -7.86. The number of rotatable bonds is 21. The standard InChI is InChI=1S/C53H53N3O14S/c1-4-47(57)66-32-64-40-19-23-42(24-20-40)68-50(60)36-13-11-35(12-14-36)49(59)63-29-28-34-10-27-45(39(30-34)31-54-56(3)53-55-44-8-6-7-9-46(44)71-53)70-52(62)38-17-15-37(16-18-38)51(61)69-43-25-21-41(22-26-43)65-33-67-48(58)5-2/h4-10,19-27,30-31,35-38H,1-2,11-18,28-29,32-33H2,3H3/b54-31+. The van der Waals surface area contributed by atoms with E-state index < -0.39 is 35.7 Å². The molecule has 2 aliphatic carbocycles. The van der Waals surface area contributed by atoms with Crippen LogP contribution in [-0.4, -0.2) is 74.3 Å². The van der Waals surface area contributed by atoms with Gasteiger partial charge in [-0.15, -0.1) is 0 Å². The highest BCUT2D eigenvalue weighted by Crippen LogP contribution is 2.34. The van der Waals surface area contributed by atoms with Crippen LogP contribution in [0.2, 0.25) is 0 Å². The van der Waals surface area contributed by atoms with E-state index in [9.17, 15) is 28.8 Å². The lowest BCUT2D eigenvalue weighted by Gasteiger charge is -2.26. The van der Waals surface area contributed by atoms with Crippen LogP contribution >= 0.6 is 11.3 Å². The largest absolute Gasteiger partial charge is 0.465 e. The first-order valence-electron chi connectivity index (χ1n) is 23.1. The van der Waals surface area contributed by atoms with Crippen LogP contribution in [0, 0.1) is 23.7 Å². The molecule has 2 fully saturated rings. The van der Waals surface area contributed by atoms with Gasteiger partial charge in [0.25, 0.3) is 0 Å². The predicted octanol–water partition coefficient (Wildman–Crippen LogP) is 8.71. The van der Waals surface area contributed by atoms with E-state index in [-0.39, 0.29) is 44.0 Å². The Bertz CT molecular complexity index is 2690. The molecule has 1 aromatic heterocycles. The van der Waals surface area contributed by atoms with Crippen molar-refractivity contribution in [3.05, 3.63) is 127 Å². The molecular formula is C53H53N3O14S. The third kappa shape index (κ3) is 14.8. The summed E-state index contributed by atoms with van der Waals surface area (Å²) in [7, 11) is 1.78. The van der Waals surface area contributed by atoms with Gasteiger partial charge in [0.1, 0.15) is 28.7 Å². The Kier molecular flexibility index (Phi) is 18.1. The second kappa shape index (κ2) is 25.1. The van der Waals surface area contributed by atoms with Crippen LogP contribution in [0.3, 0.4) is 0 Å². The number of benzene rings is 4. The van der Waals surface area contributed by atoms with Gasteiger partial charge in [-0.2, -0.15) is 5.10 Å². The number of hydrogen-bond acceptors (Lipinski definition) is 18. The zero-order chi connectivity index (χ0) is 50.1. The number of ether oxygens (including phenoxy) is 8. The fourth-order valence-electron chi connectivity index (χ4n) is 7.89. The van der Waals surface area contributed by atoms with Crippen LogP contribution in [0.25, 0.3) is 10.2 Å². The van der Waals surface area contributed by atoms with Crippen molar-refractivity contribution in [2.45, 2.75) is 57.8 Å². The number of para-hydroxylation sites is 1. The molecule has 0 amide bonds. The zero-order valence-electron chi connectivity index (χ0n) is 39.1. The Morgan fingerprint density at radius 3 is 1.61 bits per heavy atom. The second-order valence-electron chi connectivity index (χ2n) is 16.7. The predicted molar refractivity (Wildman–Crippen MR) is 261 cm³/mol. The molecule has 0 bridgehead atoms. The SMILES string of the molecule is C=CC(=O)OCOc1ccc(OC(=O)C2CCC(C(=O)OCCc3ccc(OC(=O)C4CCC(C(=O)Oc5ccc(OCOC(=O)C=C)cc5)CC4)c(/C=N/N(C)c4nc5ccccc5s4)c3)CC2)cc1. The highest BCUT2D eigenvalue weighted by Gasteiger charge is 2.34. The normalized spacial score (nSPS) is 17.5. The molecule has 17 nitrogen and oxygen atoms in total. The topological polar surface area (TPSA) is 205 Å². The van der Waals surface area contributed by atoms with Gasteiger partial charge in [0, 0.05) is 31.2 Å². The Morgan fingerprint density at radius 1 is 0.620 bits per heavy atom. The molecule has 2 aliphatic rings. The van der Waals surface area contributed by atoms with Crippen LogP contribution < -0.4 is 28.7 Å². The number of nitrogens with zero attached hydrogens (tertiary/aromatic N) is 3. The molecule has 0 unspecified atom stereocenters. The van der Waals surface area contributed by atoms with Crippen molar-refractivity contribution < 1.29 is 66.7 Å². The number of carbonyl (C=O) groups is 6. The lowest BCUT2D eigenvalue weighted by atomic mass is 9.82. The van der Waals surface area contributed by atoms with Crippen molar-refractivity contribution in [2.24, 2.45) is 28.8 Å². The molecule has 0 radical (unpaired) electrons. The number of aromatic nitrogens is 1. The molecule has 0 saturated heterocycles. The molecule has 0 N–H and O–H groups in total. The van der Waals surface area contributed by atoms with E-state index in [1.54, 1.807) is 72.9 Å². The molecule has 1 heterocycles. The number of anilines is 1. The lowest BCUT2D eigenvalue weighted by molar-refractivity contribution is -0.152. The first kappa shape index (κ1) is 51.0. The molecule has 2 saturated carbocycles. The molecule has 5 aromatic rings. The molecule has 0 atom stereocenters. The van der Waals surface area contributed by atoms with Gasteiger partial charge in [0.05, 0.1) is 46.7 Å². The highest BCUT2D eigenvalue weighted by atomic mass is 32.1. The number of hydrazone groups is 1. The van der Waals surface area contributed by atoms with E-state index in [0.29, 0.717) is 97.2 Å². The maximum absolute atomic E-state index is 13.6. The maximum Gasteiger partial charge on any atom is 0.333 e. The smallest absolute Gasteiger partial charge is 0.333 e. The van der Waals surface area contributed by atoms with E-state index in [2.05, 4.69) is 23.2 Å². The van der Waals surface area contributed by atoms with E-state index in [1.807, 2.05) is 36.4 Å². The molecule has 370 valence electrons. The minimum Gasteiger partial charge on any atom is -0.465 e. The minimum absolute atomic E-state index is 0.110. The molecule has 4 aromatic carbocycles. The summed E-state index contributed by atoms with van der Waals surface area (Å²) in [5.41, 5.74) is 2.20. The van der Waals surface area contributed by atoms with Gasteiger partial charge in [-0.25, -0.2) is 19.6 Å². The summed E-state index contributed by atoms with van der Waals surface area (Å²) >= 11 is 1.49. The van der Waals surface area contributed by atoms with Gasteiger partial charge in [0.15, 0.2) is 0 Å². The number of hydrogen-bond donors (Lipinski definition) is 0. The van der Waals surface area contributed by atoms with Gasteiger partial charge >= 0.3 is 35.8 Å². The van der Waals surface area contributed by atoms with E-state index >= 15 is 0 Å². The van der Waals surface area contributed by atoms with Crippen molar-refractivity contribution in [3.63, 3.8) is 0 Å². The summed E-state index contributed by atoms with van der Waals surface area (Å²) in [6.45, 7) is 6.19. The average molecular weight is 988 g/mol. The van der Waals surface area contributed by atoms with Crippen LogP contribution in [0.5, 0.6) is 28.7 Å². The van der Waals surface area contributed by atoms with Gasteiger partial charge in [-0.3, -0.25) is 19.2 Å². The molecule has 0 aliphatic heterocycles. The van der Waals surface area contributed by atoms with E-state index in [0.717, 1.165) is 27.9 Å². The fraction of sp³-hybridized carbons (Fsp3) is 0.321. The molecule has 18 heteroatoms. The third-order valence-electron chi connectivity index (χ3n) is 11.9. The van der Waals surface area contributed by atoms with E-state index in [1.165, 1.54) is 11.3 Å². The first-order chi connectivity index (χ1) is 34.4. The number of fused-ring (bicyclic) bond motifs is 1. The molecule has 7 rings (SSSR count). The summed E-state index contributed by atoms with van der Waals surface area (Å²) in [6, 6.07) is 25.8. The summed E-state index contributed by atoms with van der Waals surface area (Å²) in [5, 5.41) is 6.97. The number of thiazole rings is 1. The zero-order valence-corrected chi connectivity index (χ0v) is 39.9. The monoisotopic (exact) mass is 987 g/mol. The van der Waals surface area contributed by atoms with Gasteiger partial charge in [-0.05, 0) is 130 Å². The number of esters is 6. The molecule has 71 heavy (non-hydrogen) atoms. The fourth-order valence-corrected chi connectivity index (χ4v) is 8.77. The highest BCUT2D eigenvalue weighted by molar-refractivity contribution is 7.22. The Morgan fingerprint density at radius 2 is 1.10 bits per heavy atom. The van der Waals surface area contributed by atoms with Gasteiger partial charge in [0.2, 0.25) is 18.7 Å². The third-order valence-corrected chi connectivity index (χ3v) is 13.0. The Labute approximate surface area is 413 Å². The molecule has 0 spiro atoms. The average Bonchev–Trinajstić information content (AvgIpc) is 3.84. The van der Waals surface area contributed by atoms with Crippen molar-refractivity contribution in [1.29, 1.82) is 0 Å². The van der Waals surface area contributed by atoms with Crippen molar-refractivity contribution >= 4 is 68.7 Å². The lowest BCUT2D eigenvalue weighted by Crippen LogP contribution is -2.30. The minimum atomic E-state index is -0.610. The van der Waals surface area contributed by atoms with Crippen LogP contribution in [0.1, 0.15) is 62.5 Å². The summed E-state index contributed by atoms with van der Waals surface area (Å²) in [6.07, 6.45) is 7.70. The van der Waals surface area contributed by atoms with Crippen LogP contribution in [0.15, 0.2) is 121 Å². The quantitative estimate of drug-likeness (QED) is 0.0128. The summed E-state index contributed by atoms with van der Waals surface area (Å²) in [4.78, 5) is 79.9. The number of carbonyl (C=O) groups excluding carboxylic acids is 6. The van der Waals surface area contributed by atoms with Gasteiger partial charge in [-0.1, -0.05) is 42.7 Å². The van der Waals surface area contributed by atoms with Crippen molar-refractivity contribution in [2.75, 3.05) is 32.2 Å². The van der Waals surface area contributed by atoms with Crippen LogP contribution in [-0.2, 0) is 49.4 Å². The maximum atomic E-state index is 13.6. The van der Waals surface area contributed by atoms with E-state index in [4.69, 9.17) is 37.9 Å². The van der Waals surface area contributed by atoms with Crippen molar-refractivity contribution in [1.82, 2.24) is 4.98 Å². The second-order valence-corrected chi connectivity index (χ2v) is 17.7. The van der Waals surface area contributed by atoms with Crippen LogP contribution in [0.4, 0.5) is 5.13 Å². The Balaban J connectivity index is 0.897. The van der Waals surface area contributed by atoms with Gasteiger partial charge < -0.3 is 37.9 Å². The first-order valence-corrected chi connectivity index (χ1v) is 23.9. The van der Waals surface area contributed by atoms with Crippen molar-refractivity contribution in [3.8, 4) is 28.7 Å². The summed E-state index contributed by atoms with van der Waals surface area (Å²) < 4.78 is 44.2. The molecular weight excluding hydrogens is 935 g/mol.